The van der Waals surface area contributed by atoms with Crippen LogP contribution in [0.5, 0.6) is 11.5 Å². The van der Waals surface area contributed by atoms with Crippen LogP contribution in [0.2, 0.25) is 0 Å². The Morgan fingerprint density at radius 2 is 1.71 bits per heavy atom. The highest BCUT2D eigenvalue weighted by molar-refractivity contribution is 5.45. The Kier molecular flexibility index (Phi) is 4.38. The second-order valence-corrected chi connectivity index (χ2v) is 6.64. The summed E-state index contributed by atoms with van der Waals surface area (Å²) in [6.07, 6.45) is 0. The van der Waals surface area contributed by atoms with Crippen molar-refractivity contribution in [3.05, 3.63) is 58.7 Å². The summed E-state index contributed by atoms with van der Waals surface area (Å²) in [6.45, 7) is 11.3. The van der Waals surface area contributed by atoms with Gasteiger partial charge in [0.1, 0.15) is 11.5 Å². The molecule has 2 rings (SSSR count). The van der Waals surface area contributed by atoms with Crippen LogP contribution in [-0.4, -0.2) is 0 Å². The highest BCUT2D eigenvalue weighted by Crippen LogP contribution is 2.35. The molecule has 2 aromatic carbocycles. The van der Waals surface area contributed by atoms with Crippen LogP contribution in [0.25, 0.3) is 0 Å². The molecule has 2 N–H and O–H groups in total. The fourth-order valence-corrected chi connectivity index (χ4v) is 2.42. The third kappa shape index (κ3) is 3.64. The van der Waals surface area contributed by atoms with E-state index in [-0.39, 0.29) is 5.41 Å². The summed E-state index contributed by atoms with van der Waals surface area (Å²) in [7, 11) is 0. The number of ether oxygens (including phenoxy) is 1. The van der Waals surface area contributed by atoms with Crippen LogP contribution >= 0.6 is 0 Å². The minimum Gasteiger partial charge on any atom is -0.457 e. The Labute approximate surface area is 127 Å². The van der Waals surface area contributed by atoms with Gasteiger partial charge < -0.3 is 10.5 Å². The van der Waals surface area contributed by atoms with Crippen molar-refractivity contribution in [2.75, 3.05) is 0 Å². The molecular weight excluding hydrogens is 258 g/mol. The molecule has 0 aromatic heterocycles. The molecule has 0 radical (unpaired) electrons. The van der Waals surface area contributed by atoms with Crippen molar-refractivity contribution in [1.82, 2.24) is 0 Å². The fraction of sp³-hybridized carbons (Fsp3) is 0.368. The first-order valence-corrected chi connectivity index (χ1v) is 7.40. The minimum absolute atomic E-state index is 0.0509. The van der Waals surface area contributed by atoms with Crippen LogP contribution in [0.3, 0.4) is 0 Å². The number of hydrogen-bond acceptors (Lipinski definition) is 2. The predicted octanol–water partition coefficient (Wildman–Crippen LogP) is 4.85. The number of benzene rings is 2. The molecule has 112 valence electrons. The molecule has 0 aliphatic rings. The summed E-state index contributed by atoms with van der Waals surface area (Å²) in [5.74, 6) is 1.79. The van der Waals surface area contributed by atoms with E-state index in [1.165, 1.54) is 16.7 Å². The average Bonchev–Trinajstić information content (AvgIpc) is 2.37. The Bertz CT molecular complexity index is 638. The summed E-state index contributed by atoms with van der Waals surface area (Å²) in [5.41, 5.74) is 10.5. The van der Waals surface area contributed by atoms with Gasteiger partial charge in [0.2, 0.25) is 0 Å². The van der Waals surface area contributed by atoms with Crippen LogP contribution < -0.4 is 10.5 Å². The lowest BCUT2D eigenvalue weighted by Gasteiger charge is -2.23. The fourth-order valence-electron chi connectivity index (χ4n) is 2.42. The maximum absolute atomic E-state index is 6.16. The Morgan fingerprint density at radius 3 is 2.29 bits per heavy atom. The molecule has 0 fully saturated rings. The summed E-state index contributed by atoms with van der Waals surface area (Å²) in [4.78, 5) is 0. The summed E-state index contributed by atoms with van der Waals surface area (Å²) >= 11 is 0. The normalized spacial score (nSPS) is 11.5. The summed E-state index contributed by atoms with van der Waals surface area (Å²) in [5, 5.41) is 0. The van der Waals surface area contributed by atoms with Crippen molar-refractivity contribution >= 4 is 0 Å². The van der Waals surface area contributed by atoms with Gasteiger partial charge in [0.25, 0.3) is 0 Å². The summed E-state index contributed by atoms with van der Waals surface area (Å²) in [6, 6.07) is 12.5. The predicted molar refractivity (Wildman–Crippen MR) is 89.0 cm³/mol. The molecule has 0 aliphatic carbocycles. The van der Waals surface area contributed by atoms with Gasteiger partial charge in [-0.15, -0.1) is 0 Å². The second kappa shape index (κ2) is 5.90. The van der Waals surface area contributed by atoms with Gasteiger partial charge in [-0.1, -0.05) is 39.0 Å². The van der Waals surface area contributed by atoms with Crippen molar-refractivity contribution in [3.8, 4) is 11.5 Å². The molecule has 2 aromatic rings. The van der Waals surface area contributed by atoms with Crippen molar-refractivity contribution in [3.63, 3.8) is 0 Å². The van der Waals surface area contributed by atoms with Crippen LogP contribution in [-0.2, 0) is 12.0 Å². The standard InChI is InChI=1S/C19H25NO/c1-13-6-9-17(19(3,4)5)18(10-13)21-16-8-7-15(12-20)14(2)11-16/h6-11H,12,20H2,1-5H3. The van der Waals surface area contributed by atoms with Crippen molar-refractivity contribution in [1.29, 1.82) is 0 Å². The Morgan fingerprint density at radius 1 is 1.00 bits per heavy atom. The number of rotatable bonds is 3. The van der Waals surface area contributed by atoms with Gasteiger partial charge >= 0.3 is 0 Å². The van der Waals surface area contributed by atoms with E-state index >= 15 is 0 Å². The van der Waals surface area contributed by atoms with Crippen LogP contribution in [0, 0.1) is 13.8 Å². The average molecular weight is 283 g/mol. The number of aryl methyl sites for hydroxylation is 2. The first-order chi connectivity index (χ1) is 9.81. The van der Waals surface area contributed by atoms with E-state index in [9.17, 15) is 0 Å². The number of nitrogens with two attached hydrogens (primary N) is 1. The molecule has 21 heavy (non-hydrogen) atoms. The molecule has 0 amide bonds. The zero-order chi connectivity index (χ0) is 15.6. The quantitative estimate of drug-likeness (QED) is 0.873. The van der Waals surface area contributed by atoms with E-state index in [1.54, 1.807) is 0 Å². The SMILES string of the molecule is Cc1ccc(C(C)(C)C)c(Oc2ccc(CN)c(C)c2)c1. The van der Waals surface area contributed by atoms with E-state index in [4.69, 9.17) is 10.5 Å². The molecule has 0 bridgehead atoms. The van der Waals surface area contributed by atoms with Crippen molar-refractivity contribution in [2.24, 2.45) is 5.73 Å². The molecule has 0 unspecified atom stereocenters. The minimum atomic E-state index is 0.0509. The van der Waals surface area contributed by atoms with E-state index in [1.807, 2.05) is 12.1 Å². The van der Waals surface area contributed by atoms with Gasteiger partial charge in [-0.25, -0.2) is 0 Å². The highest BCUT2D eigenvalue weighted by atomic mass is 16.5. The first-order valence-electron chi connectivity index (χ1n) is 7.40. The topological polar surface area (TPSA) is 35.2 Å². The molecule has 0 spiro atoms. The van der Waals surface area contributed by atoms with Gasteiger partial charge in [0.15, 0.2) is 0 Å². The van der Waals surface area contributed by atoms with E-state index in [0.717, 1.165) is 17.1 Å². The molecule has 0 saturated heterocycles. The van der Waals surface area contributed by atoms with Gasteiger partial charge in [0, 0.05) is 12.1 Å². The lowest BCUT2D eigenvalue weighted by molar-refractivity contribution is 0.454. The van der Waals surface area contributed by atoms with Gasteiger partial charge in [-0.05, 0) is 54.2 Å². The Balaban J connectivity index is 2.39. The second-order valence-electron chi connectivity index (χ2n) is 6.64. The van der Waals surface area contributed by atoms with E-state index < -0.39 is 0 Å². The molecule has 0 atom stereocenters. The maximum atomic E-state index is 6.16. The maximum Gasteiger partial charge on any atom is 0.131 e. The van der Waals surface area contributed by atoms with Gasteiger partial charge in [-0.2, -0.15) is 0 Å². The molecular formula is C19H25NO. The van der Waals surface area contributed by atoms with Gasteiger partial charge in [0.05, 0.1) is 0 Å². The molecule has 0 saturated carbocycles. The Hall–Kier alpha value is -1.80. The molecule has 0 heterocycles. The zero-order valence-corrected chi connectivity index (χ0v) is 13.7. The van der Waals surface area contributed by atoms with Crippen molar-refractivity contribution in [2.45, 2.75) is 46.6 Å². The van der Waals surface area contributed by atoms with E-state index in [0.29, 0.717) is 6.54 Å². The highest BCUT2D eigenvalue weighted by Gasteiger charge is 2.19. The van der Waals surface area contributed by atoms with Crippen LogP contribution in [0.1, 0.15) is 43.0 Å². The first kappa shape index (κ1) is 15.6. The molecule has 0 aliphatic heterocycles. The van der Waals surface area contributed by atoms with Crippen LogP contribution in [0.15, 0.2) is 36.4 Å². The third-order valence-corrected chi connectivity index (χ3v) is 3.71. The molecule has 2 heteroatoms. The van der Waals surface area contributed by atoms with Crippen LogP contribution in [0.4, 0.5) is 0 Å². The smallest absolute Gasteiger partial charge is 0.131 e. The zero-order valence-electron chi connectivity index (χ0n) is 13.7. The lowest BCUT2D eigenvalue weighted by Crippen LogP contribution is -2.12. The third-order valence-electron chi connectivity index (χ3n) is 3.71. The number of hydrogen-bond donors (Lipinski definition) is 1. The lowest BCUT2D eigenvalue weighted by atomic mass is 9.86. The molecule has 2 nitrogen and oxygen atoms in total. The summed E-state index contributed by atoms with van der Waals surface area (Å²) < 4.78 is 6.16. The monoisotopic (exact) mass is 283 g/mol. The van der Waals surface area contributed by atoms with Crippen molar-refractivity contribution < 1.29 is 4.74 Å². The van der Waals surface area contributed by atoms with Gasteiger partial charge in [-0.3, -0.25) is 0 Å². The van der Waals surface area contributed by atoms with E-state index in [2.05, 4.69) is 58.9 Å². The largest absolute Gasteiger partial charge is 0.457 e.